The molecule has 1 unspecified atom stereocenters. The highest BCUT2D eigenvalue weighted by molar-refractivity contribution is 6.32. The van der Waals surface area contributed by atoms with E-state index in [0.717, 1.165) is 5.56 Å². The van der Waals surface area contributed by atoms with Gasteiger partial charge in [0, 0.05) is 20.2 Å². The molecule has 0 amide bonds. The van der Waals surface area contributed by atoms with Gasteiger partial charge in [-0.15, -0.1) is 0 Å². The summed E-state index contributed by atoms with van der Waals surface area (Å²) in [4.78, 5) is 1.88. The maximum atomic E-state index is 12.1. The van der Waals surface area contributed by atoms with Crippen LogP contribution in [0.1, 0.15) is 5.56 Å². The molecule has 0 fully saturated rings. The number of aliphatic hydroxyl groups is 1. The van der Waals surface area contributed by atoms with Crippen LogP contribution in [-0.2, 0) is 11.3 Å². The molecule has 1 N–H and O–H groups in total. The summed E-state index contributed by atoms with van der Waals surface area (Å²) in [7, 11) is 3.35. The Morgan fingerprint density at radius 3 is 2.65 bits per heavy atom. The SMILES string of the molecule is COCC(O)CN(C)Cc1ccc(OC(F)F)c(Cl)c1. The highest BCUT2D eigenvalue weighted by Gasteiger charge is 2.11. The van der Waals surface area contributed by atoms with Gasteiger partial charge in [-0.1, -0.05) is 17.7 Å². The second kappa shape index (κ2) is 8.36. The summed E-state index contributed by atoms with van der Waals surface area (Å²) in [6.45, 7) is -1.69. The molecule has 0 bridgehead atoms. The van der Waals surface area contributed by atoms with Crippen LogP contribution in [0.15, 0.2) is 18.2 Å². The van der Waals surface area contributed by atoms with Crippen molar-refractivity contribution in [1.82, 2.24) is 4.90 Å². The van der Waals surface area contributed by atoms with Gasteiger partial charge in [0.15, 0.2) is 0 Å². The summed E-state index contributed by atoms with van der Waals surface area (Å²) in [5.41, 5.74) is 0.837. The monoisotopic (exact) mass is 309 g/mol. The lowest BCUT2D eigenvalue weighted by Gasteiger charge is -2.20. The molecule has 0 radical (unpaired) electrons. The van der Waals surface area contributed by atoms with Crippen molar-refractivity contribution < 1.29 is 23.4 Å². The quantitative estimate of drug-likeness (QED) is 0.800. The summed E-state index contributed by atoms with van der Waals surface area (Å²) in [5.74, 6) is -0.0486. The zero-order chi connectivity index (χ0) is 15.1. The Hall–Kier alpha value is -0.950. The van der Waals surface area contributed by atoms with Crippen molar-refractivity contribution >= 4 is 11.6 Å². The Labute approximate surface area is 121 Å². The normalized spacial score (nSPS) is 13.0. The van der Waals surface area contributed by atoms with Gasteiger partial charge in [0.2, 0.25) is 0 Å². The Balaban J connectivity index is 2.58. The fourth-order valence-corrected chi connectivity index (χ4v) is 2.06. The van der Waals surface area contributed by atoms with Crippen molar-refractivity contribution in [1.29, 1.82) is 0 Å². The summed E-state index contributed by atoms with van der Waals surface area (Å²) in [6, 6.07) is 4.63. The third kappa shape index (κ3) is 6.00. The van der Waals surface area contributed by atoms with E-state index in [-0.39, 0.29) is 17.4 Å². The van der Waals surface area contributed by atoms with Crippen LogP contribution < -0.4 is 4.74 Å². The predicted molar refractivity (Wildman–Crippen MR) is 72.3 cm³/mol. The average molecular weight is 310 g/mol. The first kappa shape index (κ1) is 17.1. The third-order valence-electron chi connectivity index (χ3n) is 2.55. The standard InChI is InChI=1S/C13H18ClF2NO3/c1-17(7-10(18)8-19-2)6-9-3-4-12(11(14)5-9)20-13(15)16/h3-5,10,13,18H,6-8H2,1-2H3. The number of nitrogens with zero attached hydrogens (tertiary/aromatic N) is 1. The van der Waals surface area contributed by atoms with Gasteiger partial charge in [-0.2, -0.15) is 8.78 Å². The smallest absolute Gasteiger partial charge is 0.387 e. The Morgan fingerprint density at radius 1 is 1.40 bits per heavy atom. The molecule has 1 aromatic rings. The van der Waals surface area contributed by atoms with E-state index >= 15 is 0 Å². The molecule has 114 valence electrons. The molecule has 1 rings (SSSR count). The zero-order valence-corrected chi connectivity index (χ0v) is 12.1. The zero-order valence-electron chi connectivity index (χ0n) is 11.4. The molecule has 0 spiro atoms. The molecule has 0 aliphatic heterocycles. The second-order valence-corrected chi connectivity index (χ2v) is 4.86. The summed E-state index contributed by atoms with van der Waals surface area (Å²) in [5, 5.41) is 9.73. The van der Waals surface area contributed by atoms with Crippen molar-refractivity contribution in [3.8, 4) is 5.75 Å². The highest BCUT2D eigenvalue weighted by Crippen LogP contribution is 2.27. The van der Waals surface area contributed by atoms with E-state index in [4.69, 9.17) is 16.3 Å². The van der Waals surface area contributed by atoms with Crippen LogP contribution in [0.3, 0.4) is 0 Å². The molecule has 1 atom stereocenters. The van der Waals surface area contributed by atoms with Crippen molar-refractivity contribution in [2.24, 2.45) is 0 Å². The van der Waals surface area contributed by atoms with Crippen LogP contribution in [0.5, 0.6) is 5.75 Å². The van der Waals surface area contributed by atoms with E-state index in [1.807, 2.05) is 11.9 Å². The number of rotatable bonds is 8. The number of benzene rings is 1. The predicted octanol–water partition coefficient (Wildman–Crippen LogP) is 2.38. The highest BCUT2D eigenvalue weighted by atomic mass is 35.5. The molecule has 1 aromatic carbocycles. The third-order valence-corrected chi connectivity index (χ3v) is 2.84. The summed E-state index contributed by atoms with van der Waals surface area (Å²) >= 11 is 5.87. The number of aliphatic hydroxyl groups excluding tert-OH is 1. The minimum absolute atomic E-state index is 0.0486. The van der Waals surface area contributed by atoms with Gasteiger partial charge in [0.1, 0.15) is 5.75 Å². The first-order valence-electron chi connectivity index (χ1n) is 6.01. The number of likely N-dealkylation sites (N-methyl/N-ethyl adjacent to an activating group) is 1. The van der Waals surface area contributed by atoms with E-state index in [9.17, 15) is 13.9 Å². The molecule has 7 heteroatoms. The maximum Gasteiger partial charge on any atom is 0.387 e. The van der Waals surface area contributed by atoms with E-state index in [1.54, 1.807) is 12.1 Å². The fraction of sp³-hybridized carbons (Fsp3) is 0.538. The number of ether oxygens (including phenoxy) is 2. The van der Waals surface area contributed by atoms with E-state index in [2.05, 4.69) is 4.74 Å². The van der Waals surface area contributed by atoms with E-state index in [0.29, 0.717) is 13.1 Å². The van der Waals surface area contributed by atoms with Gasteiger partial charge in [-0.3, -0.25) is 4.90 Å². The van der Waals surface area contributed by atoms with Crippen molar-refractivity contribution in [3.63, 3.8) is 0 Å². The molecular formula is C13H18ClF2NO3. The molecule has 0 saturated heterocycles. The van der Waals surface area contributed by atoms with Crippen LogP contribution in [0, 0.1) is 0 Å². The molecule has 0 heterocycles. The Bertz CT molecular complexity index is 421. The van der Waals surface area contributed by atoms with Gasteiger partial charge in [0.05, 0.1) is 17.7 Å². The second-order valence-electron chi connectivity index (χ2n) is 4.45. The van der Waals surface area contributed by atoms with Gasteiger partial charge in [-0.25, -0.2) is 0 Å². The minimum Gasteiger partial charge on any atom is -0.433 e. The van der Waals surface area contributed by atoms with E-state index in [1.165, 1.54) is 13.2 Å². The molecule has 20 heavy (non-hydrogen) atoms. The lowest BCUT2D eigenvalue weighted by molar-refractivity contribution is -0.0498. The van der Waals surface area contributed by atoms with Gasteiger partial charge >= 0.3 is 6.61 Å². The van der Waals surface area contributed by atoms with Crippen molar-refractivity contribution in [2.45, 2.75) is 19.3 Å². The number of hydrogen-bond donors (Lipinski definition) is 1. The average Bonchev–Trinajstić information content (AvgIpc) is 2.32. The molecule has 0 aliphatic carbocycles. The molecular weight excluding hydrogens is 292 g/mol. The fourth-order valence-electron chi connectivity index (χ4n) is 1.82. The topological polar surface area (TPSA) is 41.9 Å². The van der Waals surface area contributed by atoms with Crippen LogP contribution in [0.2, 0.25) is 5.02 Å². The Morgan fingerprint density at radius 2 is 2.10 bits per heavy atom. The van der Waals surface area contributed by atoms with Gasteiger partial charge < -0.3 is 14.6 Å². The minimum atomic E-state index is -2.90. The largest absolute Gasteiger partial charge is 0.433 e. The van der Waals surface area contributed by atoms with Crippen molar-refractivity contribution in [3.05, 3.63) is 28.8 Å². The number of halogens is 3. The van der Waals surface area contributed by atoms with E-state index < -0.39 is 12.7 Å². The maximum absolute atomic E-state index is 12.1. The molecule has 0 saturated carbocycles. The van der Waals surface area contributed by atoms with Crippen LogP contribution in [0.25, 0.3) is 0 Å². The first-order chi connectivity index (χ1) is 9.42. The molecule has 4 nitrogen and oxygen atoms in total. The lowest BCUT2D eigenvalue weighted by atomic mass is 10.2. The van der Waals surface area contributed by atoms with Crippen LogP contribution >= 0.6 is 11.6 Å². The molecule has 0 aromatic heterocycles. The van der Waals surface area contributed by atoms with Gasteiger partial charge in [0.25, 0.3) is 0 Å². The Kier molecular flexibility index (Phi) is 7.15. The van der Waals surface area contributed by atoms with Crippen molar-refractivity contribution in [2.75, 3.05) is 27.3 Å². The number of hydrogen-bond acceptors (Lipinski definition) is 4. The number of methoxy groups -OCH3 is 1. The first-order valence-corrected chi connectivity index (χ1v) is 6.39. The summed E-state index contributed by atoms with van der Waals surface area (Å²) in [6.07, 6.45) is -0.582. The van der Waals surface area contributed by atoms with Crippen LogP contribution in [0.4, 0.5) is 8.78 Å². The summed E-state index contributed by atoms with van der Waals surface area (Å²) < 4.78 is 33.3. The van der Waals surface area contributed by atoms with Crippen LogP contribution in [-0.4, -0.2) is 50.0 Å². The number of alkyl halides is 2. The lowest BCUT2D eigenvalue weighted by Crippen LogP contribution is -2.31. The van der Waals surface area contributed by atoms with Gasteiger partial charge in [-0.05, 0) is 24.7 Å². The molecule has 0 aliphatic rings.